The van der Waals surface area contributed by atoms with Gasteiger partial charge in [-0.05, 0) is 43.2 Å². The molecule has 2 aromatic heterocycles. The standard InChI is InChI=1S/C34H29F7N6O3S/c1-3-23(48)47-10-7-22(21(47)13-35)50-31-18-11-19(34(39,40)41)24(17-5-6-20(37)29-25(17)28(43-2)30(42)51-29)26(38)27(18)44-32(45-31)49-15-33-8-4-9-46(33)14-16(36)12-33/h3,5-6,11,16,21-22H,1,4,7-10,12-15,42H2/t16-,21-,22-,33+/m1/s1. The Labute approximate surface area is 290 Å². The number of aromatic nitrogens is 2. The number of anilines is 1. The van der Waals surface area contributed by atoms with Crippen molar-refractivity contribution >= 4 is 48.9 Å². The minimum Gasteiger partial charge on any atom is -0.471 e. The summed E-state index contributed by atoms with van der Waals surface area (Å²) in [6.07, 6.45) is -4.84. The number of halogens is 7. The lowest BCUT2D eigenvalue weighted by Gasteiger charge is -2.31. The minimum atomic E-state index is -5.21. The highest BCUT2D eigenvalue weighted by atomic mass is 32.1. The van der Waals surface area contributed by atoms with Crippen LogP contribution in [0.2, 0.25) is 0 Å². The summed E-state index contributed by atoms with van der Waals surface area (Å²) in [4.78, 5) is 27.2. The van der Waals surface area contributed by atoms with Crippen molar-refractivity contribution in [3.05, 3.63) is 59.5 Å². The number of carbonyl (C=O) groups is 1. The molecule has 4 aromatic rings. The second-order valence-corrected chi connectivity index (χ2v) is 13.9. The van der Waals surface area contributed by atoms with E-state index in [-0.39, 0.29) is 53.3 Å². The first kappa shape index (κ1) is 34.7. The van der Waals surface area contributed by atoms with E-state index in [1.165, 1.54) is 4.90 Å². The first-order valence-corrected chi connectivity index (χ1v) is 16.8. The highest BCUT2D eigenvalue weighted by molar-refractivity contribution is 7.23. The molecular weight excluding hydrogens is 705 g/mol. The fraction of sp³-hybridized carbons (Fsp3) is 0.412. The maximum atomic E-state index is 17.0. The molecule has 7 rings (SSSR count). The number of hydrogen-bond acceptors (Lipinski definition) is 8. The van der Waals surface area contributed by atoms with Gasteiger partial charge >= 0.3 is 12.2 Å². The van der Waals surface area contributed by atoms with Crippen LogP contribution in [0.4, 0.5) is 41.4 Å². The predicted octanol–water partition coefficient (Wildman–Crippen LogP) is 7.40. The Morgan fingerprint density at radius 2 is 2.04 bits per heavy atom. The number of rotatable bonds is 8. The number of ether oxygens (including phenoxy) is 2. The highest BCUT2D eigenvalue weighted by Gasteiger charge is 2.49. The summed E-state index contributed by atoms with van der Waals surface area (Å²) in [5, 5.41) is -1.01. The number of amides is 1. The van der Waals surface area contributed by atoms with Crippen molar-refractivity contribution < 1.29 is 45.0 Å². The molecule has 4 atom stereocenters. The molecule has 0 aliphatic carbocycles. The van der Waals surface area contributed by atoms with Crippen LogP contribution in [0.15, 0.2) is 30.9 Å². The molecule has 3 aliphatic heterocycles. The number of hydrogen-bond donors (Lipinski definition) is 1. The summed E-state index contributed by atoms with van der Waals surface area (Å²) in [6.45, 7) is 10.7. The number of nitrogens with two attached hydrogens (primary N) is 1. The lowest BCUT2D eigenvalue weighted by Crippen LogP contribution is -2.43. The fourth-order valence-electron chi connectivity index (χ4n) is 7.64. The molecule has 2 N–H and O–H groups in total. The second-order valence-electron chi connectivity index (χ2n) is 12.8. The van der Waals surface area contributed by atoms with E-state index in [0.29, 0.717) is 30.4 Å². The van der Waals surface area contributed by atoms with Crippen molar-refractivity contribution in [2.24, 2.45) is 0 Å². The second kappa shape index (κ2) is 12.8. The molecule has 3 aliphatic rings. The molecule has 0 unspecified atom stereocenters. The minimum absolute atomic E-state index is 0.0409. The first-order valence-electron chi connectivity index (χ1n) is 16.0. The Balaban J connectivity index is 1.43. The number of nitrogen functional groups attached to an aromatic ring is 1. The molecule has 0 bridgehead atoms. The summed E-state index contributed by atoms with van der Waals surface area (Å²) in [5.41, 5.74) is 1.22. The lowest BCUT2D eigenvalue weighted by molar-refractivity contribution is -0.137. The van der Waals surface area contributed by atoms with Crippen molar-refractivity contribution in [3.8, 4) is 23.0 Å². The lowest BCUT2D eigenvalue weighted by atomic mass is 9.93. The van der Waals surface area contributed by atoms with Crippen molar-refractivity contribution in [1.29, 1.82) is 0 Å². The third kappa shape index (κ3) is 5.78. The summed E-state index contributed by atoms with van der Waals surface area (Å²) in [7, 11) is 0. The quantitative estimate of drug-likeness (QED) is 0.115. The maximum Gasteiger partial charge on any atom is 0.417 e. The zero-order valence-corrected chi connectivity index (χ0v) is 27.5. The summed E-state index contributed by atoms with van der Waals surface area (Å²) in [6, 6.07) is 0.707. The van der Waals surface area contributed by atoms with Crippen LogP contribution in [0.5, 0.6) is 11.9 Å². The Kier molecular flexibility index (Phi) is 8.73. The number of carbonyl (C=O) groups excluding carboxylic acids is 1. The topological polar surface area (TPSA) is 98.2 Å². The van der Waals surface area contributed by atoms with Gasteiger partial charge in [0.1, 0.15) is 36.9 Å². The molecule has 0 radical (unpaired) electrons. The van der Waals surface area contributed by atoms with Gasteiger partial charge in [-0.1, -0.05) is 12.6 Å². The van der Waals surface area contributed by atoms with E-state index in [1.807, 2.05) is 4.90 Å². The van der Waals surface area contributed by atoms with E-state index in [4.69, 9.17) is 21.8 Å². The summed E-state index contributed by atoms with van der Waals surface area (Å²) < 4.78 is 117. The van der Waals surface area contributed by atoms with Gasteiger partial charge in [0.15, 0.2) is 5.82 Å². The zero-order valence-electron chi connectivity index (χ0n) is 26.7. The molecule has 268 valence electrons. The third-order valence-electron chi connectivity index (χ3n) is 9.95. The molecule has 3 fully saturated rings. The average molecular weight is 735 g/mol. The number of alkyl halides is 5. The van der Waals surface area contributed by atoms with Gasteiger partial charge in [0.25, 0.3) is 0 Å². The predicted molar refractivity (Wildman–Crippen MR) is 175 cm³/mol. The van der Waals surface area contributed by atoms with Gasteiger partial charge < -0.3 is 20.1 Å². The van der Waals surface area contributed by atoms with Gasteiger partial charge in [0.05, 0.1) is 38.8 Å². The molecule has 0 saturated carbocycles. The number of benzene rings is 2. The Morgan fingerprint density at radius 3 is 2.75 bits per heavy atom. The van der Waals surface area contributed by atoms with Gasteiger partial charge in [-0.25, -0.2) is 22.4 Å². The monoisotopic (exact) mass is 734 g/mol. The van der Waals surface area contributed by atoms with Gasteiger partial charge in [0, 0.05) is 36.9 Å². The van der Waals surface area contributed by atoms with E-state index in [0.717, 1.165) is 24.6 Å². The summed E-state index contributed by atoms with van der Waals surface area (Å²) >= 11 is 0.640. The van der Waals surface area contributed by atoms with Crippen LogP contribution < -0.4 is 15.2 Å². The van der Waals surface area contributed by atoms with Crippen LogP contribution >= 0.6 is 11.3 Å². The SMILES string of the molecule is [C-]#[N+]c1c(N)sc2c(F)ccc(-c3c(C(F)(F)F)cc4c(O[C@@H]5CCN(C(=O)C=C)[C@@H]5CF)nc(OC[C@@]56CCCN5C[C@H](F)C6)nc4c3F)c12. The summed E-state index contributed by atoms with van der Waals surface area (Å²) in [5.74, 6) is -3.52. The van der Waals surface area contributed by atoms with Crippen LogP contribution in [0.3, 0.4) is 0 Å². The van der Waals surface area contributed by atoms with Gasteiger partial charge in [-0.2, -0.15) is 23.1 Å². The van der Waals surface area contributed by atoms with Crippen molar-refractivity contribution in [1.82, 2.24) is 19.8 Å². The highest BCUT2D eigenvalue weighted by Crippen LogP contribution is 2.51. The molecule has 1 amide bonds. The Hall–Kier alpha value is -4.69. The molecule has 0 spiro atoms. The van der Waals surface area contributed by atoms with Gasteiger partial charge in [-0.3, -0.25) is 9.69 Å². The Morgan fingerprint density at radius 1 is 1.25 bits per heavy atom. The smallest absolute Gasteiger partial charge is 0.417 e. The Bertz CT molecular complexity index is 2120. The van der Waals surface area contributed by atoms with Crippen LogP contribution in [-0.2, 0) is 11.0 Å². The molecule has 17 heteroatoms. The van der Waals surface area contributed by atoms with Crippen LogP contribution in [0.1, 0.15) is 31.2 Å². The maximum absolute atomic E-state index is 17.0. The largest absolute Gasteiger partial charge is 0.471 e. The number of fused-ring (bicyclic) bond motifs is 3. The normalized spacial score (nSPS) is 23.6. The average Bonchev–Trinajstić information content (AvgIpc) is 3.84. The van der Waals surface area contributed by atoms with Crippen LogP contribution in [0, 0.1) is 18.2 Å². The molecule has 3 saturated heterocycles. The molecule has 2 aromatic carbocycles. The molecule has 5 heterocycles. The van der Waals surface area contributed by atoms with Crippen molar-refractivity contribution in [3.63, 3.8) is 0 Å². The van der Waals surface area contributed by atoms with E-state index >= 15 is 4.39 Å². The van der Waals surface area contributed by atoms with E-state index in [1.54, 1.807) is 0 Å². The first-order chi connectivity index (χ1) is 24.3. The molecule has 51 heavy (non-hydrogen) atoms. The van der Waals surface area contributed by atoms with E-state index < -0.39 is 93.7 Å². The molecule has 9 nitrogen and oxygen atoms in total. The third-order valence-corrected chi connectivity index (χ3v) is 11.0. The van der Waals surface area contributed by atoms with Crippen molar-refractivity contribution in [2.75, 3.05) is 38.6 Å². The number of likely N-dealkylation sites (tertiary alicyclic amines) is 1. The van der Waals surface area contributed by atoms with E-state index in [2.05, 4.69) is 21.4 Å². The number of nitrogens with zero attached hydrogens (tertiary/aromatic N) is 5. The molecular formula is C34H29F7N6O3S. The van der Waals surface area contributed by atoms with Crippen molar-refractivity contribution in [2.45, 2.75) is 55.7 Å². The van der Waals surface area contributed by atoms with Gasteiger partial charge in [0.2, 0.25) is 17.5 Å². The number of thiophene rings is 1. The van der Waals surface area contributed by atoms with Gasteiger partial charge in [-0.15, -0.1) is 11.3 Å². The van der Waals surface area contributed by atoms with Crippen LogP contribution in [0.25, 0.3) is 37.0 Å². The van der Waals surface area contributed by atoms with Crippen LogP contribution in [-0.4, -0.2) is 82.4 Å². The fourth-order valence-corrected chi connectivity index (χ4v) is 8.58. The zero-order chi connectivity index (χ0) is 36.4. The van der Waals surface area contributed by atoms with E-state index in [9.17, 15) is 31.1 Å².